The molecule has 0 unspecified atom stereocenters. The Balaban J connectivity index is 2.30. The van der Waals surface area contributed by atoms with Crippen LogP contribution in [0.4, 0.5) is 0 Å². The van der Waals surface area contributed by atoms with Crippen LogP contribution in [0.15, 0.2) is 16.5 Å². The molecule has 0 aromatic carbocycles. The average Bonchev–Trinajstić information content (AvgIpc) is 2.79. The van der Waals surface area contributed by atoms with E-state index in [2.05, 4.69) is 5.32 Å². The molecule has 0 atom stereocenters. The van der Waals surface area contributed by atoms with Gasteiger partial charge in [0.05, 0.1) is 5.60 Å². The second-order valence-electron chi connectivity index (χ2n) is 4.72. The van der Waals surface area contributed by atoms with E-state index in [1.165, 1.54) is 0 Å². The van der Waals surface area contributed by atoms with Crippen molar-refractivity contribution in [3.8, 4) is 0 Å². The number of nitrogens with one attached hydrogen (secondary N) is 1. The molecule has 1 aromatic heterocycles. The SMILES string of the molecule is CCC(O)(CC)CNC(=O)CCc1ccc(C)o1. The molecule has 0 bridgehead atoms. The number of carbonyl (C=O) groups is 1. The summed E-state index contributed by atoms with van der Waals surface area (Å²) in [6, 6.07) is 3.77. The third-order valence-electron chi connectivity index (χ3n) is 3.33. The van der Waals surface area contributed by atoms with Gasteiger partial charge in [0.25, 0.3) is 0 Å². The van der Waals surface area contributed by atoms with Crippen LogP contribution in [0.3, 0.4) is 0 Å². The fraction of sp³-hybridized carbons (Fsp3) is 0.643. The highest BCUT2D eigenvalue weighted by atomic mass is 16.3. The minimum absolute atomic E-state index is 0.0515. The van der Waals surface area contributed by atoms with Crippen LogP contribution < -0.4 is 5.32 Å². The van der Waals surface area contributed by atoms with Gasteiger partial charge in [-0.1, -0.05) is 13.8 Å². The van der Waals surface area contributed by atoms with Crippen molar-refractivity contribution in [3.05, 3.63) is 23.7 Å². The first-order valence-corrected chi connectivity index (χ1v) is 6.53. The largest absolute Gasteiger partial charge is 0.466 e. The molecule has 0 aliphatic rings. The van der Waals surface area contributed by atoms with Gasteiger partial charge >= 0.3 is 0 Å². The van der Waals surface area contributed by atoms with E-state index in [1.54, 1.807) is 0 Å². The Bertz CT molecular complexity index is 380. The number of rotatable bonds is 7. The first kappa shape index (κ1) is 14.8. The van der Waals surface area contributed by atoms with E-state index in [-0.39, 0.29) is 5.91 Å². The van der Waals surface area contributed by atoms with E-state index in [4.69, 9.17) is 4.42 Å². The summed E-state index contributed by atoms with van der Waals surface area (Å²) in [4.78, 5) is 11.6. The minimum atomic E-state index is -0.781. The molecule has 1 aromatic rings. The van der Waals surface area contributed by atoms with Crippen molar-refractivity contribution in [2.75, 3.05) is 6.54 Å². The van der Waals surface area contributed by atoms with Crippen molar-refractivity contribution < 1.29 is 14.3 Å². The molecule has 0 radical (unpaired) electrons. The van der Waals surface area contributed by atoms with E-state index in [1.807, 2.05) is 32.9 Å². The summed E-state index contributed by atoms with van der Waals surface area (Å²) >= 11 is 0. The molecule has 0 aliphatic carbocycles. The lowest BCUT2D eigenvalue weighted by Crippen LogP contribution is -2.42. The van der Waals surface area contributed by atoms with Gasteiger partial charge in [0, 0.05) is 19.4 Å². The van der Waals surface area contributed by atoms with Gasteiger partial charge in [0.15, 0.2) is 0 Å². The van der Waals surface area contributed by atoms with Crippen LogP contribution in [0.5, 0.6) is 0 Å². The van der Waals surface area contributed by atoms with Gasteiger partial charge in [-0.3, -0.25) is 4.79 Å². The van der Waals surface area contributed by atoms with E-state index >= 15 is 0 Å². The maximum atomic E-state index is 11.6. The van der Waals surface area contributed by atoms with Crippen molar-refractivity contribution in [2.24, 2.45) is 0 Å². The van der Waals surface area contributed by atoms with Crippen LogP contribution >= 0.6 is 0 Å². The predicted octanol–water partition coefficient (Wildman–Crippen LogP) is 2.19. The van der Waals surface area contributed by atoms with Crippen molar-refractivity contribution in [3.63, 3.8) is 0 Å². The van der Waals surface area contributed by atoms with Crippen LogP contribution in [0.2, 0.25) is 0 Å². The Morgan fingerprint density at radius 3 is 2.56 bits per heavy atom. The van der Waals surface area contributed by atoms with Gasteiger partial charge in [-0.2, -0.15) is 0 Å². The van der Waals surface area contributed by atoms with Gasteiger partial charge in [0.1, 0.15) is 11.5 Å². The lowest BCUT2D eigenvalue weighted by Gasteiger charge is -2.25. The summed E-state index contributed by atoms with van der Waals surface area (Å²) < 4.78 is 5.39. The highest BCUT2D eigenvalue weighted by molar-refractivity contribution is 5.76. The van der Waals surface area contributed by atoms with E-state index in [0.29, 0.717) is 32.2 Å². The van der Waals surface area contributed by atoms with Crippen LogP contribution in [-0.2, 0) is 11.2 Å². The van der Waals surface area contributed by atoms with Gasteiger partial charge in [-0.05, 0) is 31.9 Å². The summed E-state index contributed by atoms with van der Waals surface area (Å²) in [6.45, 7) is 6.03. The highest BCUT2D eigenvalue weighted by Gasteiger charge is 2.22. The van der Waals surface area contributed by atoms with E-state index < -0.39 is 5.60 Å². The van der Waals surface area contributed by atoms with Crippen LogP contribution in [0.1, 0.15) is 44.6 Å². The Kier molecular flexibility index (Phi) is 5.41. The smallest absolute Gasteiger partial charge is 0.220 e. The number of amides is 1. The first-order chi connectivity index (χ1) is 8.49. The average molecular weight is 253 g/mol. The van der Waals surface area contributed by atoms with E-state index in [0.717, 1.165) is 11.5 Å². The number of aliphatic hydroxyl groups is 1. The van der Waals surface area contributed by atoms with Crippen LogP contribution in [0.25, 0.3) is 0 Å². The molecule has 0 fully saturated rings. The van der Waals surface area contributed by atoms with Crippen molar-refractivity contribution in [2.45, 2.75) is 52.1 Å². The molecule has 0 saturated heterocycles. The molecule has 18 heavy (non-hydrogen) atoms. The number of carbonyl (C=O) groups excluding carboxylic acids is 1. The minimum Gasteiger partial charge on any atom is -0.466 e. The summed E-state index contributed by atoms with van der Waals surface area (Å²) in [7, 11) is 0. The van der Waals surface area contributed by atoms with Gasteiger partial charge in [-0.25, -0.2) is 0 Å². The topological polar surface area (TPSA) is 62.5 Å². The van der Waals surface area contributed by atoms with Crippen molar-refractivity contribution in [1.29, 1.82) is 0 Å². The van der Waals surface area contributed by atoms with Crippen molar-refractivity contribution in [1.82, 2.24) is 5.32 Å². The number of aryl methyl sites for hydroxylation is 2. The highest BCUT2D eigenvalue weighted by Crippen LogP contribution is 2.13. The molecule has 102 valence electrons. The fourth-order valence-corrected chi connectivity index (χ4v) is 1.71. The number of hydrogen-bond donors (Lipinski definition) is 2. The predicted molar refractivity (Wildman–Crippen MR) is 70.3 cm³/mol. The lowest BCUT2D eigenvalue weighted by molar-refractivity contribution is -0.122. The van der Waals surface area contributed by atoms with Crippen LogP contribution in [-0.4, -0.2) is 23.2 Å². The molecular weight excluding hydrogens is 230 g/mol. The monoisotopic (exact) mass is 253 g/mol. The zero-order valence-electron chi connectivity index (χ0n) is 11.5. The molecule has 2 N–H and O–H groups in total. The quantitative estimate of drug-likeness (QED) is 0.783. The van der Waals surface area contributed by atoms with Crippen molar-refractivity contribution >= 4 is 5.91 Å². The Morgan fingerprint density at radius 2 is 2.06 bits per heavy atom. The third kappa shape index (κ3) is 4.53. The van der Waals surface area contributed by atoms with Gasteiger partial charge in [0.2, 0.25) is 5.91 Å². The molecule has 1 rings (SSSR count). The zero-order chi connectivity index (χ0) is 13.6. The summed E-state index contributed by atoms with van der Waals surface area (Å²) in [6.07, 6.45) is 2.26. The third-order valence-corrected chi connectivity index (χ3v) is 3.33. The van der Waals surface area contributed by atoms with Gasteiger partial charge < -0.3 is 14.8 Å². The Labute approximate surface area is 108 Å². The molecule has 1 amide bonds. The van der Waals surface area contributed by atoms with Crippen LogP contribution in [0, 0.1) is 6.92 Å². The molecule has 4 heteroatoms. The summed E-state index contributed by atoms with van der Waals surface area (Å²) in [5, 5.41) is 12.8. The van der Waals surface area contributed by atoms with E-state index in [9.17, 15) is 9.90 Å². The normalized spacial score (nSPS) is 11.6. The number of furan rings is 1. The molecule has 0 spiro atoms. The molecule has 4 nitrogen and oxygen atoms in total. The molecular formula is C14H23NO3. The molecule has 0 aliphatic heterocycles. The number of hydrogen-bond acceptors (Lipinski definition) is 3. The fourth-order valence-electron chi connectivity index (χ4n) is 1.71. The second kappa shape index (κ2) is 6.59. The lowest BCUT2D eigenvalue weighted by atomic mass is 9.97. The Morgan fingerprint density at radius 1 is 1.39 bits per heavy atom. The maximum absolute atomic E-state index is 11.6. The summed E-state index contributed by atoms with van der Waals surface area (Å²) in [5.74, 6) is 1.63. The summed E-state index contributed by atoms with van der Waals surface area (Å²) in [5.41, 5.74) is -0.781. The first-order valence-electron chi connectivity index (χ1n) is 6.53. The standard InChI is InChI=1S/C14H23NO3/c1-4-14(17,5-2)10-15-13(16)9-8-12-7-6-11(3)18-12/h6-7,17H,4-5,8-10H2,1-3H3,(H,15,16). The zero-order valence-corrected chi connectivity index (χ0v) is 11.5. The molecule has 0 saturated carbocycles. The second-order valence-corrected chi connectivity index (χ2v) is 4.72. The molecule has 1 heterocycles. The Hall–Kier alpha value is -1.29. The maximum Gasteiger partial charge on any atom is 0.220 e. The van der Waals surface area contributed by atoms with Gasteiger partial charge in [-0.15, -0.1) is 0 Å².